The number of benzene rings is 1. The van der Waals surface area contributed by atoms with Gasteiger partial charge in [0.25, 0.3) is 5.91 Å². The van der Waals surface area contributed by atoms with E-state index in [9.17, 15) is 9.59 Å². The monoisotopic (exact) mass is 238 g/mol. The standard InChI is InChI=1S/C11H14N2O4/c1-17-9(11(15)16)6-13-10(14)7-2-4-8(12)5-3-7/h2-5,9H,6,12H2,1H3,(H,13,14)(H,15,16). The normalized spacial score (nSPS) is 11.8. The molecule has 1 unspecified atom stereocenters. The first-order chi connectivity index (χ1) is 8.04. The van der Waals surface area contributed by atoms with E-state index in [4.69, 9.17) is 10.8 Å². The minimum Gasteiger partial charge on any atom is -0.479 e. The van der Waals surface area contributed by atoms with E-state index in [0.29, 0.717) is 11.3 Å². The number of carboxylic acids is 1. The summed E-state index contributed by atoms with van der Waals surface area (Å²) in [6.45, 7) is -0.0883. The molecule has 0 aliphatic heterocycles. The molecule has 6 nitrogen and oxygen atoms in total. The van der Waals surface area contributed by atoms with Crippen LogP contribution in [0.3, 0.4) is 0 Å². The molecule has 17 heavy (non-hydrogen) atoms. The zero-order chi connectivity index (χ0) is 12.8. The second kappa shape index (κ2) is 5.86. The van der Waals surface area contributed by atoms with Gasteiger partial charge in [-0.25, -0.2) is 4.79 Å². The molecule has 0 bridgehead atoms. The quantitative estimate of drug-likeness (QED) is 0.631. The van der Waals surface area contributed by atoms with Crippen LogP contribution in [0.15, 0.2) is 24.3 Å². The molecule has 4 N–H and O–H groups in total. The molecule has 92 valence electrons. The highest BCUT2D eigenvalue weighted by Crippen LogP contribution is 2.05. The van der Waals surface area contributed by atoms with Gasteiger partial charge in [-0.05, 0) is 24.3 Å². The van der Waals surface area contributed by atoms with E-state index in [1.54, 1.807) is 24.3 Å². The number of carbonyl (C=O) groups is 2. The fourth-order valence-electron chi connectivity index (χ4n) is 1.19. The molecule has 1 atom stereocenters. The first-order valence-electron chi connectivity index (χ1n) is 4.94. The molecule has 0 radical (unpaired) electrons. The number of rotatable bonds is 5. The van der Waals surface area contributed by atoms with Gasteiger partial charge in [-0.3, -0.25) is 4.79 Å². The third-order valence-electron chi connectivity index (χ3n) is 2.18. The third-order valence-corrected chi connectivity index (χ3v) is 2.18. The van der Waals surface area contributed by atoms with Gasteiger partial charge in [0.15, 0.2) is 6.10 Å². The Morgan fingerprint density at radius 1 is 1.41 bits per heavy atom. The van der Waals surface area contributed by atoms with Gasteiger partial charge in [-0.15, -0.1) is 0 Å². The maximum absolute atomic E-state index is 11.6. The van der Waals surface area contributed by atoms with Crippen molar-refractivity contribution in [2.45, 2.75) is 6.10 Å². The Bertz CT molecular complexity index is 402. The predicted molar refractivity (Wildman–Crippen MR) is 61.6 cm³/mol. The van der Waals surface area contributed by atoms with Crippen molar-refractivity contribution in [3.05, 3.63) is 29.8 Å². The molecule has 1 rings (SSSR count). The van der Waals surface area contributed by atoms with Crippen molar-refractivity contribution >= 4 is 17.6 Å². The van der Waals surface area contributed by atoms with Gasteiger partial charge in [-0.1, -0.05) is 0 Å². The van der Waals surface area contributed by atoms with E-state index >= 15 is 0 Å². The van der Waals surface area contributed by atoms with Crippen molar-refractivity contribution in [3.8, 4) is 0 Å². The topological polar surface area (TPSA) is 102 Å². The molecule has 0 spiro atoms. The number of nitrogens with one attached hydrogen (secondary N) is 1. The minimum atomic E-state index is -1.12. The van der Waals surface area contributed by atoms with Crippen LogP contribution in [0.4, 0.5) is 5.69 Å². The van der Waals surface area contributed by atoms with E-state index in [0.717, 1.165) is 0 Å². The van der Waals surface area contributed by atoms with Crippen LogP contribution in [0, 0.1) is 0 Å². The van der Waals surface area contributed by atoms with E-state index in [2.05, 4.69) is 10.1 Å². The van der Waals surface area contributed by atoms with Crippen molar-refractivity contribution in [3.63, 3.8) is 0 Å². The SMILES string of the molecule is COC(CNC(=O)c1ccc(N)cc1)C(=O)O. The molecule has 1 amide bonds. The van der Waals surface area contributed by atoms with Crippen molar-refractivity contribution in [2.24, 2.45) is 0 Å². The van der Waals surface area contributed by atoms with Gasteiger partial charge in [0, 0.05) is 18.4 Å². The predicted octanol–water partition coefficient (Wildman–Crippen LogP) is 0.0982. The number of anilines is 1. The Hall–Kier alpha value is -2.08. The minimum absolute atomic E-state index is 0.0883. The summed E-state index contributed by atoms with van der Waals surface area (Å²) in [5.41, 5.74) is 6.45. The van der Waals surface area contributed by atoms with Gasteiger partial charge < -0.3 is 20.9 Å². The number of carbonyl (C=O) groups excluding carboxylic acids is 1. The fourth-order valence-corrected chi connectivity index (χ4v) is 1.19. The molecule has 1 aromatic rings. The van der Waals surface area contributed by atoms with Crippen LogP contribution in [0.5, 0.6) is 0 Å². The molecule has 0 aliphatic carbocycles. The first kappa shape index (κ1) is 13.0. The lowest BCUT2D eigenvalue weighted by Gasteiger charge is -2.11. The molecule has 0 saturated heterocycles. The summed E-state index contributed by atoms with van der Waals surface area (Å²) in [7, 11) is 1.27. The molecule has 1 aromatic carbocycles. The summed E-state index contributed by atoms with van der Waals surface area (Å²) < 4.78 is 4.68. The highest BCUT2D eigenvalue weighted by atomic mass is 16.5. The second-order valence-electron chi connectivity index (χ2n) is 3.39. The summed E-state index contributed by atoms with van der Waals surface area (Å²) >= 11 is 0. The van der Waals surface area contributed by atoms with Crippen molar-refractivity contribution < 1.29 is 19.4 Å². The Morgan fingerprint density at radius 2 is 2.00 bits per heavy atom. The highest BCUT2D eigenvalue weighted by Gasteiger charge is 2.17. The number of aliphatic carboxylic acids is 1. The van der Waals surface area contributed by atoms with Crippen LogP contribution < -0.4 is 11.1 Å². The Kier molecular flexibility index (Phi) is 4.47. The Labute approximate surface area is 98.4 Å². The molecular weight excluding hydrogens is 224 g/mol. The second-order valence-corrected chi connectivity index (χ2v) is 3.39. The molecule has 0 aromatic heterocycles. The summed E-state index contributed by atoms with van der Waals surface area (Å²) in [6.07, 6.45) is -1.05. The van der Waals surface area contributed by atoms with Crippen molar-refractivity contribution in [1.29, 1.82) is 0 Å². The summed E-state index contributed by atoms with van der Waals surface area (Å²) in [5.74, 6) is -1.49. The average Bonchev–Trinajstić information content (AvgIpc) is 2.30. The smallest absolute Gasteiger partial charge is 0.334 e. The lowest BCUT2D eigenvalue weighted by molar-refractivity contribution is -0.148. The fraction of sp³-hybridized carbons (Fsp3) is 0.273. The van der Waals surface area contributed by atoms with Crippen molar-refractivity contribution in [1.82, 2.24) is 5.32 Å². The first-order valence-corrected chi connectivity index (χ1v) is 4.94. The van der Waals surface area contributed by atoms with Crippen LogP contribution in [0.1, 0.15) is 10.4 Å². The molecule has 0 heterocycles. The lowest BCUT2D eigenvalue weighted by Crippen LogP contribution is -2.37. The molecule has 0 fully saturated rings. The zero-order valence-electron chi connectivity index (χ0n) is 9.34. The maximum atomic E-state index is 11.6. The zero-order valence-corrected chi connectivity index (χ0v) is 9.34. The summed E-state index contributed by atoms with van der Waals surface area (Å²) in [4.78, 5) is 22.2. The van der Waals surface area contributed by atoms with Crippen LogP contribution in [0.25, 0.3) is 0 Å². The van der Waals surface area contributed by atoms with Crippen LogP contribution in [0.2, 0.25) is 0 Å². The van der Waals surface area contributed by atoms with Gasteiger partial charge in [-0.2, -0.15) is 0 Å². The highest BCUT2D eigenvalue weighted by molar-refractivity contribution is 5.94. The van der Waals surface area contributed by atoms with E-state index in [1.165, 1.54) is 7.11 Å². The van der Waals surface area contributed by atoms with Crippen molar-refractivity contribution in [2.75, 3.05) is 19.4 Å². The number of carboxylic acid groups (broad SMARTS) is 1. The van der Waals surface area contributed by atoms with E-state index in [1.807, 2.05) is 0 Å². The maximum Gasteiger partial charge on any atom is 0.334 e. The van der Waals surface area contributed by atoms with Crippen LogP contribution >= 0.6 is 0 Å². The number of amides is 1. The number of ether oxygens (including phenoxy) is 1. The summed E-state index contributed by atoms with van der Waals surface area (Å²) in [5, 5.41) is 11.2. The van der Waals surface area contributed by atoms with E-state index < -0.39 is 12.1 Å². The Balaban J connectivity index is 2.55. The van der Waals surface area contributed by atoms with Gasteiger partial charge in [0.2, 0.25) is 0 Å². The van der Waals surface area contributed by atoms with Gasteiger partial charge in [0.05, 0.1) is 6.54 Å². The van der Waals surface area contributed by atoms with Crippen LogP contribution in [-0.4, -0.2) is 36.7 Å². The van der Waals surface area contributed by atoms with Gasteiger partial charge >= 0.3 is 5.97 Å². The third kappa shape index (κ3) is 3.76. The number of methoxy groups -OCH3 is 1. The summed E-state index contributed by atoms with van der Waals surface area (Å²) in [6, 6.07) is 6.32. The number of nitrogen functional groups attached to an aromatic ring is 1. The number of nitrogens with two attached hydrogens (primary N) is 1. The average molecular weight is 238 g/mol. The largest absolute Gasteiger partial charge is 0.479 e. The molecular formula is C11H14N2O4. The molecule has 0 aliphatic rings. The van der Waals surface area contributed by atoms with E-state index in [-0.39, 0.29) is 12.5 Å². The van der Waals surface area contributed by atoms with Gasteiger partial charge in [0.1, 0.15) is 0 Å². The Morgan fingerprint density at radius 3 is 2.47 bits per heavy atom. The lowest BCUT2D eigenvalue weighted by atomic mass is 10.2. The molecule has 6 heteroatoms. The molecule has 0 saturated carbocycles. The van der Waals surface area contributed by atoms with Crippen LogP contribution in [-0.2, 0) is 9.53 Å². The number of hydrogen-bond acceptors (Lipinski definition) is 4. The number of hydrogen-bond donors (Lipinski definition) is 3.